The molecule has 1 N–H and O–H groups in total. The van der Waals surface area contributed by atoms with E-state index < -0.39 is 5.97 Å². The van der Waals surface area contributed by atoms with Gasteiger partial charge in [-0.3, -0.25) is 4.99 Å². The number of hydrogen-bond acceptors (Lipinski definition) is 6. The van der Waals surface area contributed by atoms with E-state index in [-0.39, 0.29) is 17.6 Å². The van der Waals surface area contributed by atoms with Crippen LogP contribution in [0.15, 0.2) is 11.1 Å². The molecule has 0 atom stereocenters. The highest BCUT2D eigenvalue weighted by Gasteiger charge is 2.21. The zero-order valence-electron chi connectivity index (χ0n) is 11.6. The molecule has 0 radical (unpaired) electrons. The van der Waals surface area contributed by atoms with E-state index in [9.17, 15) is 4.79 Å². The summed E-state index contributed by atoms with van der Waals surface area (Å²) in [4.78, 5) is 23.8. The van der Waals surface area contributed by atoms with Crippen molar-refractivity contribution in [2.24, 2.45) is 4.99 Å². The Bertz CT molecular complexity index is 629. The quantitative estimate of drug-likeness (QED) is 0.397. The van der Waals surface area contributed by atoms with Crippen molar-refractivity contribution >= 4 is 40.6 Å². The molecule has 0 amide bonds. The second-order valence-electron chi connectivity index (χ2n) is 4.17. The van der Waals surface area contributed by atoms with Gasteiger partial charge in [0.1, 0.15) is 10.9 Å². The average molecular weight is 329 g/mol. The molecule has 0 fully saturated rings. The molecule has 0 unspecified atom stereocenters. The maximum absolute atomic E-state index is 11.8. The number of nitrogens with one attached hydrogen (secondary N) is 1. The Balaban J connectivity index is 2.43. The van der Waals surface area contributed by atoms with Gasteiger partial charge < -0.3 is 10.1 Å². The van der Waals surface area contributed by atoms with E-state index in [0.29, 0.717) is 29.5 Å². The zero-order valence-corrected chi connectivity index (χ0v) is 13.1. The molecule has 0 saturated heterocycles. The highest BCUT2D eigenvalue weighted by Crippen LogP contribution is 2.26. The monoisotopic (exact) mass is 328 g/mol. The van der Waals surface area contributed by atoms with Gasteiger partial charge in [0.15, 0.2) is 0 Å². The molecule has 0 aliphatic carbocycles. The second kappa shape index (κ2) is 6.87. The van der Waals surface area contributed by atoms with Crippen molar-refractivity contribution in [2.75, 3.05) is 20.2 Å². The van der Waals surface area contributed by atoms with Gasteiger partial charge >= 0.3 is 5.97 Å². The van der Waals surface area contributed by atoms with Gasteiger partial charge in [-0.15, -0.1) is 0 Å². The number of carbonyl (C=O) groups is 1. The van der Waals surface area contributed by atoms with E-state index in [2.05, 4.69) is 20.3 Å². The van der Waals surface area contributed by atoms with Crippen LogP contribution in [0.5, 0.6) is 0 Å². The van der Waals surface area contributed by atoms with Crippen LogP contribution in [0.25, 0.3) is 5.70 Å². The molecule has 1 aliphatic heterocycles. The van der Waals surface area contributed by atoms with Crippen molar-refractivity contribution < 1.29 is 9.53 Å². The molecule has 0 aromatic carbocycles. The zero-order chi connectivity index (χ0) is 15.4. The molecule has 1 aromatic rings. The van der Waals surface area contributed by atoms with Crippen LogP contribution in [-0.4, -0.2) is 41.8 Å². The van der Waals surface area contributed by atoms with Gasteiger partial charge in [0, 0.05) is 19.2 Å². The number of aromatic nitrogens is 2. The van der Waals surface area contributed by atoms with Crippen LogP contribution < -0.4 is 5.32 Å². The number of hydrogen-bond donors (Lipinski definition) is 1. The topological polar surface area (TPSA) is 76.5 Å². The Hall–Kier alpha value is -1.66. The van der Waals surface area contributed by atoms with E-state index >= 15 is 0 Å². The summed E-state index contributed by atoms with van der Waals surface area (Å²) in [6, 6.07) is 0. The lowest BCUT2D eigenvalue weighted by atomic mass is 10.0. The van der Waals surface area contributed by atoms with Gasteiger partial charge in [0.25, 0.3) is 0 Å². The molecule has 1 aromatic heterocycles. The molecule has 112 valence electrons. The minimum absolute atomic E-state index is 0.0551. The maximum Gasteiger partial charge on any atom is 0.356 e. The summed E-state index contributed by atoms with van der Waals surface area (Å²) in [5.74, 6) is -0.493. The van der Waals surface area contributed by atoms with Crippen LogP contribution in [0.4, 0.5) is 0 Å². The standard InChI is InChI=1S/C13H14Cl2N4O2/c1-3-21-12(20)9(16-2)6-8-10-7(4-5-17-8)11(14)19-13(15)18-10/h6,17H,3-5H2,1-2H3/b8-6-,16-9?. The molecule has 0 spiro atoms. The summed E-state index contributed by atoms with van der Waals surface area (Å²) in [6.07, 6.45) is 2.26. The predicted molar refractivity (Wildman–Crippen MR) is 81.7 cm³/mol. The number of carbonyl (C=O) groups excluding carboxylic acids is 1. The minimum Gasteiger partial charge on any atom is -0.461 e. The first-order valence-electron chi connectivity index (χ1n) is 6.38. The molecule has 2 rings (SSSR count). The molecule has 2 heterocycles. The number of halogens is 2. The lowest BCUT2D eigenvalue weighted by molar-refractivity contribution is -0.134. The number of esters is 1. The molecule has 6 nitrogen and oxygen atoms in total. The van der Waals surface area contributed by atoms with Crippen molar-refractivity contribution in [2.45, 2.75) is 13.3 Å². The second-order valence-corrected chi connectivity index (χ2v) is 4.87. The fraction of sp³-hybridized carbons (Fsp3) is 0.385. The van der Waals surface area contributed by atoms with E-state index in [1.54, 1.807) is 13.0 Å². The molecule has 21 heavy (non-hydrogen) atoms. The highest BCUT2D eigenvalue weighted by atomic mass is 35.5. The Morgan fingerprint density at radius 2 is 2.24 bits per heavy atom. The van der Waals surface area contributed by atoms with Crippen LogP contribution in [0.1, 0.15) is 18.2 Å². The average Bonchev–Trinajstić information content (AvgIpc) is 2.45. The predicted octanol–water partition coefficient (Wildman–Crippen LogP) is 1.90. The van der Waals surface area contributed by atoms with E-state index in [0.717, 1.165) is 5.56 Å². The van der Waals surface area contributed by atoms with Crippen molar-refractivity contribution in [1.82, 2.24) is 15.3 Å². The fourth-order valence-electron chi connectivity index (χ4n) is 1.96. The van der Waals surface area contributed by atoms with E-state index in [1.807, 2.05) is 0 Å². The maximum atomic E-state index is 11.8. The van der Waals surface area contributed by atoms with Crippen LogP contribution in [0, 0.1) is 0 Å². The van der Waals surface area contributed by atoms with Crippen molar-refractivity contribution in [3.05, 3.63) is 27.8 Å². The number of nitrogens with zero attached hydrogens (tertiary/aromatic N) is 3. The molecule has 1 aliphatic rings. The van der Waals surface area contributed by atoms with Gasteiger partial charge in [0.05, 0.1) is 18.0 Å². The third-order valence-corrected chi connectivity index (χ3v) is 3.36. The normalized spacial score (nSPS) is 16.4. The van der Waals surface area contributed by atoms with Gasteiger partial charge in [0.2, 0.25) is 5.28 Å². The smallest absolute Gasteiger partial charge is 0.356 e. The molecule has 8 heteroatoms. The highest BCUT2D eigenvalue weighted by molar-refractivity contribution is 6.42. The van der Waals surface area contributed by atoms with Gasteiger partial charge in [-0.05, 0) is 31.0 Å². The van der Waals surface area contributed by atoms with Gasteiger partial charge in [-0.1, -0.05) is 11.6 Å². The summed E-state index contributed by atoms with van der Waals surface area (Å²) < 4.78 is 4.94. The summed E-state index contributed by atoms with van der Waals surface area (Å²) in [5.41, 5.74) is 2.19. The Morgan fingerprint density at radius 1 is 1.48 bits per heavy atom. The first-order valence-corrected chi connectivity index (χ1v) is 7.14. The lowest BCUT2D eigenvalue weighted by Crippen LogP contribution is -2.26. The summed E-state index contributed by atoms with van der Waals surface area (Å²) >= 11 is 11.9. The van der Waals surface area contributed by atoms with Crippen LogP contribution in [0.3, 0.4) is 0 Å². The van der Waals surface area contributed by atoms with Crippen molar-refractivity contribution in [3.63, 3.8) is 0 Å². The fourth-order valence-corrected chi connectivity index (χ4v) is 2.43. The third-order valence-electron chi connectivity index (χ3n) is 2.88. The number of fused-ring (bicyclic) bond motifs is 1. The number of rotatable bonds is 3. The Kier molecular flexibility index (Phi) is 5.14. The minimum atomic E-state index is -0.493. The van der Waals surface area contributed by atoms with Crippen molar-refractivity contribution in [3.8, 4) is 0 Å². The summed E-state index contributed by atoms with van der Waals surface area (Å²) in [5, 5.41) is 3.53. The Morgan fingerprint density at radius 3 is 2.90 bits per heavy atom. The van der Waals surface area contributed by atoms with E-state index in [1.165, 1.54) is 7.05 Å². The van der Waals surface area contributed by atoms with Crippen LogP contribution in [0.2, 0.25) is 10.4 Å². The third kappa shape index (κ3) is 3.51. The van der Waals surface area contributed by atoms with Gasteiger partial charge in [-0.25, -0.2) is 14.8 Å². The largest absolute Gasteiger partial charge is 0.461 e. The molecule has 0 bridgehead atoms. The first-order chi connectivity index (χ1) is 10.1. The van der Waals surface area contributed by atoms with Crippen LogP contribution in [-0.2, 0) is 16.0 Å². The molecule has 0 saturated carbocycles. The van der Waals surface area contributed by atoms with Crippen molar-refractivity contribution in [1.29, 1.82) is 0 Å². The summed E-state index contributed by atoms with van der Waals surface area (Å²) in [6.45, 7) is 2.67. The van der Waals surface area contributed by atoms with E-state index in [4.69, 9.17) is 27.9 Å². The molecular weight excluding hydrogens is 315 g/mol. The van der Waals surface area contributed by atoms with Gasteiger partial charge in [-0.2, -0.15) is 0 Å². The van der Waals surface area contributed by atoms with Crippen LogP contribution >= 0.6 is 23.2 Å². The number of ether oxygens (including phenoxy) is 1. The number of aliphatic imine (C=N–C) groups is 1. The Labute approximate surface area is 132 Å². The lowest BCUT2D eigenvalue weighted by Gasteiger charge is -2.20. The SMILES string of the molecule is CCOC(=O)C(/C=C1\NCCc2c(Cl)nc(Cl)nc21)=NC. The summed E-state index contributed by atoms with van der Waals surface area (Å²) in [7, 11) is 1.52. The first kappa shape index (κ1) is 15.7. The molecular formula is C13H14Cl2N4O2.